The van der Waals surface area contributed by atoms with Crippen LogP contribution in [0.1, 0.15) is 40.9 Å². The third-order valence-corrected chi connectivity index (χ3v) is 9.47. The molecule has 2 saturated heterocycles. The van der Waals surface area contributed by atoms with Crippen molar-refractivity contribution in [2.75, 3.05) is 44.7 Å². The third-order valence-electron chi connectivity index (χ3n) is 8.81. The van der Waals surface area contributed by atoms with Crippen LogP contribution in [0.25, 0.3) is 10.8 Å². The first-order valence-corrected chi connectivity index (χ1v) is 15.5. The number of carbonyl (C=O) groups is 2. The van der Waals surface area contributed by atoms with Crippen molar-refractivity contribution >= 4 is 44.3 Å². The Balaban J connectivity index is 1.33. The van der Waals surface area contributed by atoms with Gasteiger partial charge in [0.05, 0.1) is 42.9 Å². The van der Waals surface area contributed by atoms with Crippen LogP contribution >= 0.6 is 15.9 Å². The van der Waals surface area contributed by atoms with Gasteiger partial charge in [0.15, 0.2) is 0 Å². The van der Waals surface area contributed by atoms with E-state index in [1.807, 2.05) is 18.2 Å². The van der Waals surface area contributed by atoms with Crippen LogP contribution < -0.4 is 9.64 Å². The van der Waals surface area contributed by atoms with E-state index in [1.54, 1.807) is 15.9 Å². The summed E-state index contributed by atoms with van der Waals surface area (Å²) in [5.41, 5.74) is 1.90. The Bertz CT molecular complexity index is 1670. The summed E-state index contributed by atoms with van der Waals surface area (Å²) in [7, 11) is 2.09. The molecule has 6 rings (SSSR count). The van der Waals surface area contributed by atoms with E-state index in [2.05, 4.69) is 45.4 Å². The number of benzene rings is 2. The molecule has 2 amide bonds. The number of piperazine rings is 1. The van der Waals surface area contributed by atoms with E-state index in [0.717, 1.165) is 40.2 Å². The van der Waals surface area contributed by atoms with Gasteiger partial charge in [-0.05, 0) is 56.1 Å². The van der Waals surface area contributed by atoms with Crippen LogP contribution in [-0.4, -0.2) is 93.5 Å². The Labute approximate surface area is 264 Å². The van der Waals surface area contributed by atoms with Gasteiger partial charge in [-0.1, -0.05) is 34.6 Å². The van der Waals surface area contributed by atoms with Crippen LogP contribution in [-0.2, 0) is 17.9 Å². The molecule has 3 aliphatic heterocycles. The smallest absolute Gasteiger partial charge is 0.318 e. The monoisotopic (exact) mass is 659 g/mol. The van der Waals surface area contributed by atoms with Crippen LogP contribution in [0, 0.1) is 11.3 Å². The summed E-state index contributed by atoms with van der Waals surface area (Å²) in [6, 6.07) is 11.1. The molecule has 12 heteroatoms. The average Bonchev–Trinajstić information content (AvgIpc) is 3.64. The van der Waals surface area contributed by atoms with Gasteiger partial charge < -0.3 is 29.4 Å². The molecule has 11 nitrogen and oxygen atoms in total. The summed E-state index contributed by atoms with van der Waals surface area (Å²) < 4.78 is 6.94. The van der Waals surface area contributed by atoms with Crippen LogP contribution in [0.5, 0.6) is 11.8 Å². The van der Waals surface area contributed by atoms with Crippen molar-refractivity contribution in [3.63, 3.8) is 0 Å². The largest absolute Gasteiger partial charge is 0.508 e. The van der Waals surface area contributed by atoms with Crippen molar-refractivity contribution in [2.45, 2.75) is 44.4 Å². The lowest BCUT2D eigenvalue weighted by atomic mass is 10.0. The van der Waals surface area contributed by atoms with Gasteiger partial charge in [0.2, 0.25) is 5.91 Å². The molecule has 2 fully saturated rings. The quantitative estimate of drug-likeness (QED) is 0.377. The minimum Gasteiger partial charge on any atom is -0.508 e. The number of halogens is 1. The molecule has 4 heterocycles. The van der Waals surface area contributed by atoms with Crippen LogP contribution in [0.4, 0.5) is 5.82 Å². The molecule has 0 saturated carbocycles. The maximum absolute atomic E-state index is 14.0. The molecule has 44 heavy (non-hydrogen) atoms. The molecule has 1 N–H and O–H groups in total. The molecular weight excluding hydrogens is 626 g/mol. The van der Waals surface area contributed by atoms with Crippen LogP contribution in [0.3, 0.4) is 0 Å². The molecule has 0 spiro atoms. The number of hydrogen-bond acceptors (Lipinski definition) is 9. The van der Waals surface area contributed by atoms with Gasteiger partial charge >= 0.3 is 6.01 Å². The van der Waals surface area contributed by atoms with E-state index in [4.69, 9.17) is 14.7 Å². The number of likely N-dealkylation sites (tertiary alicyclic amines) is 1. The first-order chi connectivity index (χ1) is 21.3. The normalized spacial score (nSPS) is 20.1. The highest BCUT2D eigenvalue weighted by atomic mass is 79.9. The molecule has 1 aromatic heterocycles. The first-order valence-electron chi connectivity index (χ1n) is 14.8. The Hall–Kier alpha value is -4.21. The number of phenolic OH excluding ortho intramolecular Hbond substituents is 1. The van der Waals surface area contributed by atoms with Gasteiger partial charge in [0, 0.05) is 41.1 Å². The molecule has 3 aliphatic rings. The topological polar surface area (TPSA) is 126 Å². The predicted molar refractivity (Wildman–Crippen MR) is 168 cm³/mol. The number of hydrogen-bond donors (Lipinski definition) is 1. The van der Waals surface area contributed by atoms with E-state index in [9.17, 15) is 20.0 Å². The second kappa shape index (κ2) is 12.4. The SMILES string of the molecule is C=CC(=O)N1CCN(c2nc(OC[C@@H]3CCCN3C)nc3c2CN(C(=O)c2cc(O)cc4cccc(Br)c24)C3)C[C@@H]1CC#N. The van der Waals surface area contributed by atoms with Crippen molar-refractivity contribution in [1.82, 2.24) is 24.7 Å². The third kappa shape index (κ3) is 5.69. The van der Waals surface area contributed by atoms with Gasteiger partial charge in [0.1, 0.15) is 18.2 Å². The summed E-state index contributed by atoms with van der Waals surface area (Å²) in [5, 5.41) is 21.4. The Kier molecular flexibility index (Phi) is 8.42. The van der Waals surface area contributed by atoms with Gasteiger partial charge in [-0.3, -0.25) is 9.59 Å². The van der Waals surface area contributed by atoms with E-state index >= 15 is 0 Å². The number of nitriles is 1. The Morgan fingerprint density at radius 1 is 1.20 bits per heavy atom. The van der Waals surface area contributed by atoms with Crippen molar-refractivity contribution in [1.29, 1.82) is 5.26 Å². The van der Waals surface area contributed by atoms with E-state index in [0.29, 0.717) is 43.3 Å². The number of amides is 2. The summed E-state index contributed by atoms with van der Waals surface area (Å²) in [6.45, 7) is 6.93. The van der Waals surface area contributed by atoms with Crippen molar-refractivity contribution in [3.8, 4) is 17.8 Å². The number of nitrogens with zero attached hydrogens (tertiary/aromatic N) is 7. The fourth-order valence-corrected chi connectivity index (χ4v) is 7.08. The standard InChI is InChI=1S/C32H34BrN7O4/c1-3-28(42)40-13-12-38(16-21(40)9-10-34)30-25-17-39(18-27(25)35-32(36-30)44-19-22-7-5-11-37(22)2)31(43)24-15-23(41)14-20-6-4-8-26(33)29(20)24/h3-4,6,8,14-15,21-22,41H,1,5,7,9,11-13,16-19H2,2H3/t21-,22-/m0/s1. The second-order valence-corrected chi connectivity index (χ2v) is 12.4. The predicted octanol–water partition coefficient (Wildman–Crippen LogP) is 3.84. The summed E-state index contributed by atoms with van der Waals surface area (Å²) in [6.07, 6.45) is 3.61. The molecule has 2 aromatic carbocycles. The maximum Gasteiger partial charge on any atom is 0.318 e. The summed E-state index contributed by atoms with van der Waals surface area (Å²) >= 11 is 3.58. The number of ether oxygens (including phenoxy) is 1. The van der Waals surface area contributed by atoms with Crippen molar-refractivity contribution in [2.24, 2.45) is 0 Å². The number of aromatic nitrogens is 2. The zero-order valence-electron chi connectivity index (χ0n) is 24.6. The highest BCUT2D eigenvalue weighted by molar-refractivity contribution is 9.10. The minimum atomic E-state index is -0.337. The fourth-order valence-electron chi connectivity index (χ4n) is 6.49. The average molecular weight is 661 g/mol. The Morgan fingerprint density at radius 2 is 2.05 bits per heavy atom. The number of rotatable bonds is 7. The van der Waals surface area contributed by atoms with Gasteiger partial charge in [-0.25, -0.2) is 0 Å². The number of carbonyl (C=O) groups excluding carboxylic acids is 2. The van der Waals surface area contributed by atoms with Crippen molar-refractivity contribution < 1.29 is 19.4 Å². The molecular formula is C32H34BrN7O4. The molecule has 0 unspecified atom stereocenters. The number of anilines is 1. The van der Waals surface area contributed by atoms with Gasteiger partial charge in [-0.2, -0.15) is 15.2 Å². The van der Waals surface area contributed by atoms with Gasteiger partial charge in [0.25, 0.3) is 5.91 Å². The Morgan fingerprint density at radius 3 is 2.80 bits per heavy atom. The van der Waals surface area contributed by atoms with E-state index < -0.39 is 0 Å². The highest BCUT2D eigenvalue weighted by Crippen LogP contribution is 2.36. The minimum absolute atomic E-state index is 0.0131. The highest BCUT2D eigenvalue weighted by Gasteiger charge is 2.36. The molecule has 0 radical (unpaired) electrons. The summed E-state index contributed by atoms with van der Waals surface area (Å²) in [4.78, 5) is 43.9. The molecule has 0 bridgehead atoms. The second-order valence-electron chi connectivity index (χ2n) is 11.5. The number of aromatic hydroxyl groups is 1. The number of likely N-dealkylation sites (N-methyl/N-ethyl adjacent to an activating group) is 1. The summed E-state index contributed by atoms with van der Waals surface area (Å²) in [5.74, 6) is 0.221. The lowest BCUT2D eigenvalue weighted by Gasteiger charge is -2.41. The lowest BCUT2D eigenvalue weighted by Crippen LogP contribution is -2.55. The number of fused-ring (bicyclic) bond motifs is 2. The maximum atomic E-state index is 14.0. The van der Waals surface area contributed by atoms with E-state index in [1.165, 1.54) is 12.1 Å². The molecule has 0 aliphatic carbocycles. The van der Waals surface area contributed by atoms with E-state index in [-0.39, 0.29) is 55.2 Å². The molecule has 3 aromatic rings. The van der Waals surface area contributed by atoms with Crippen molar-refractivity contribution in [3.05, 3.63) is 64.3 Å². The zero-order chi connectivity index (χ0) is 31.0. The molecule has 2 atom stereocenters. The number of phenols is 1. The fraction of sp³-hybridized carbons (Fsp3) is 0.406. The molecule has 228 valence electrons. The lowest BCUT2D eigenvalue weighted by molar-refractivity contribution is -0.128. The first kappa shape index (κ1) is 29.8. The zero-order valence-corrected chi connectivity index (χ0v) is 26.2. The van der Waals surface area contributed by atoms with Crippen LogP contribution in [0.15, 0.2) is 47.5 Å². The van der Waals surface area contributed by atoms with Gasteiger partial charge in [-0.15, -0.1) is 0 Å². The van der Waals surface area contributed by atoms with Crippen LogP contribution in [0.2, 0.25) is 0 Å².